The number of nitrogens with one attached hydrogen (secondary N) is 1. The van der Waals surface area contributed by atoms with Gasteiger partial charge < -0.3 is 15.8 Å². The Morgan fingerprint density at radius 3 is 2.91 bits per heavy atom. The van der Waals surface area contributed by atoms with Gasteiger partial charge in [0.05, 0.1) is 17.9 Å². The van der Waals surface area contributed by atoms with Gasteiger partial charge in [0.15, 0.2) is 5.69 Å². The summed E-state index contributed by atoms with van der Waals surface area (Å²) >= 11 is 3.40. The highest BCUT2D eigenvalue weighted by Gasteiger charge is 2.29. The van der Waals surface area contributed by atoms with Crippen molar-refractivity contribution in [3.63, 3.8) is 0 Å². The lowest BCUT2D eigenvalue weighted by Gasteiger charge is -2.08. The lowest BCUT2D eigenvalue weighted by molar-refractivity contribution is 0.0941. The fourth-order valence-corrected chi connectivity index (χ4v) is 2.80. The fraction of sp³-hybridized carbons (Fsp3) is 0.214. The number of rotatable bonds is 2. The smallest absolute Gasteiger partial charge is 0.270 e. The number of carbonyl (C=O) groups is 2. The third-order valence-electron chi connectivity index (χ3n) is 3.41. The van der Waals surface area contributed by atoms with Gasteiger partial charge in [-0.15, -0.1) is 0 Å². The number of hydrogen-bond acceptors (Lipinski definition) is 4. The summed E-state index contributed by atoms with van der Waals surface area (Å²) in [5.41, 5.74) is 6.79. The molecule has 0 atom stereocenters. The van der Waals surface area contributed by atoms with Crippen LogP contribution in [0.15, 0.2) is 22.7 Å². The molecule has 2 aromatic rings. The second-order valence-corrected chi connectivity index (χ2v) is 5.65. The largest absolute Gasteiger partial charge is 0.491 e. The number of fused-ring (bicyclic) bond motifs is 3. The van der Waals surface area contributed by atoms with Gasteiger partial charge in [-0.3, -0.25) is 9.59 Å². The Morgan fingerprint density at radius 1 is 1.45 bits per heavy atom. The number of halogens is 1. The fourth-order valence-electron chi connectivity index (χ4n) is 2.45. The molecule has 3 N–H and O–H groups in total. The molecule has 1 aliphatic heterocycles. The van der Waals surface area contributed by atoms with Crippen LogP contribution in [0.3, 0.4) is 0 Å². The summed E-state index contributed by atoms with van der Waals surface area (Å²) in [5, 5.41) is 6.76. The highest BCUT2D eigenvalue weighted by atomic mass is 79.9. The molecule has 2 heterocycles. The van der Waals surface area contributed by atoms with Gasteiger partial charge in [-0.05, 0) is 18.2 Å². The average Bonchev–Trinajstić information content (AvgIpc) is 2.79. The van der Waals surface area contributed by atoms with Crippen molar-refractivity contribution in [3.05, 3.63) is 39.6 Å². The van der Waals surface area contributed by atoms with Gasteiger partial charge in [0, 0.05) is 17.9 Å². The molecular formula is C14H13BrN4O3. The highest BCUT2D eigenvalue weighted by Crippen LogP contribution is 2.32. The molecule has 0 radical (unpaired) electrons. The van der Waals surface area contributed by atoms with Gasteiger partial charge >= 0.3 is 0 Å². The summed E-state index contributed by atoms with van der Waals surface area (Å²) in [5.74, 6) is -0.505. The number of primary amides is 1. The molecule has 1 aliphatic rings. The maximum Gasteiger partial charge on any atom is 0.270 e. The summed E-state index contributed by atoms with van der Waals surface area (Å²) in [4.78, 5) is 23.8. The van der Waals surface area contributed by atoms with Crippen LogP contribution in [0.2, 0.25) is 0 Å². The van der Waals surface area contributed by atoms with Crippen molar-refractivity contribution in [1.82, 2.24) is 15.1 Å². The first kappa shape index (κ1) is 14.6. The van der Waals surface area contributed by atoms with Crippen LogP contribution in [0.25, 0.3) is 5.69 Å². The van der Waals surface area contributed by atoms with Crippen molar-refractivity contribution in [2.75, 3.05) is 13.7 Å². The molecule has 7 nitrogen and oxygen atoms in total. The number of amides is 2. The van der Waals surface area contributed by atoms with E-state index >= 15 is 0 Å². The Kier molecular flexibility index (Phi) is 3.61. The Morgan fingerprint density at radius 2 is 2.23 bits per heavy atom. The predicted octanol–water partition coefficient (Wildman–Crippen LogP) is 1.03. The number of ether oxygens (including phenoxy) is 1. The maximum absolute atomic E-state index is 12.1. The lowest BCUT2D eigenvalue weighted by Crippen LogP contribution is -2.24. The molecule has 0 unspecified atom stereocenters. The SMILES string of the molecule is CNC(=O)c1c(C(N)=O)nn2c1CCOc1ccc(Br)cc1-2. The van der Waals surface area contributed by atoms with Gasteiger partial charge in [-0.2, -0.15) is 5.10 Å². The minimum atomic E-state index is -0.739. The van der Waals surface area contributed by atoms with Crippen molar-refractivity contribution in [1.29, 1.82) is 0 Å². The summed E-state index contributed by atoms with van der Waals surface area (Å²) < 4.78 is 8.07. The van der Waals surface area contributed by atoms with Gasteiger partial charge in [0.1, 0.15) is 11.4 Å². The second-order valence-electron chi connectivity index (χ2n) is 4.74. The molecular weight excluding hydrogens is 352 g/mol. The van der Waals surface area contributed by atoms with E-state index in [0.717, 1.165) is 4.47 Å². The van der Waals surface area contributed by atoms with E-state index in [0.29, 0.717) is 30.2 Å². The number of hydrogen-bond donors (Lipinski definition) is 2. The molecule has 0 saturated carbocycles. The van der Waals surface area contributed by atoms with E-state index in [9.17, 15) is 9.59 Å². The van der Waals surface area contributed by atoms with E-state index in [2.05, 4.69) is 26.3 Å². The lowest BCUT2D eigenvalue weighted by atomic mass is 10.1. The highest BCUT2D eigenvalue weighted by molar-refractivity contribution is 9.10. The van der Waals surface area contributed by atoms with Gasteiger partial charge in [0.25, 0.3) is 11.8 Å². The molecule has 0 spiro atoms. The topological polar surface area (TPSA) is 99.2 Å². The molecule has 1 aromatic heterocycles. The summed E-state index contributed by atoms with van der Waals surface area (Å²) in [6.45, 7) is 0.378. The van der Waals surface area contributed by atoms with E-state index in [1.165, 1.54) is 7.05 Å². The van der Waals surface area contributed by atoms with Crippen molar-refractivity contribution in [3.8, 4) is 11.4 Å². The first-order valence-electron chi connectivity index (χ1n) is 6.59. The maximum atomic E-state index is 12.1. The second kappa shape index (κ2) is 5.45. The Hall–Kier alpha value is -2.35. The van der Waals surface area contributed by atoms with Crippen LogP contribution in [-0.2, 0) is 6.42 Å². The first-order valence-corrected chi connectivity index (χ1v) is 7.38. The van der Waals surface area contributed by atoms with E-state index in [-0.39, 0.29) is 11.3 Å². The van der Waals surface area contributed by atoms with E-state index in [1.807, 2.05) is 12.1 Å². The van der Waals surface area contributed by atoms with Crippen molar-refractivity contribution in [2.45, 2.75) is 6.42 Å². The molecule has 0 bridgehead atoms. The minimum Gasteiger partial charge on any atom is -0.491 e. The van der Waals surface area contributed by atoms with Crippen LogP contribution in [-0.4, -0.2) is 35.2 Å². The quantitative estimate of drug-likeness (QED) is 0.830. The van der Waals surface area contributed by atoms with Gasteiger partial charge in [-0.1, -0.05) is 15.9 Å². The summed E-state index contributed by atoms with van der Waals surface area (Å²) in [7, 11) is 1.49. The minimum absolute atomic E-state index is 0.0397. The number of nitrogens with two attached hydrogens (primary N) is 1. The third-order valence-corrected chi connectivity index (χ3v) is 3.91. The monoisotopic (exact) mass is 364 g/mol. The average molecular weight is 365 g/mol. The van der Waals surface area contributed by atoms with Crippen LogP contribution >= 0.6 is 15.9 Å². The van der Waals surface area contributed by atoms with Crippen molar-refractivity contribution in [2.24, 2.45) is 5.73 Å². The molecule has 2 amide bonds. The van der Waals surface area contributed by atoms with Crippen LogP contribution in [0.4, 0.5) is 0 Å². The van der Waals surface area contributed by atoms with Crippen LogP contribution < -0.4 is 15.8 Å². The van der Waals surface area contributed by atoms with Crippen LogP contribution in [0.1, 0.15) is 26.5 Å². The van der Waals surface area contributed by atoms with Crippen molar-refractivity contribution >= 4 is 27.7 Å². The standard InChI is InChI=1S/C14H13BrN4O3/c1-17-14(21)11-8-4-5-22-10-3-2-7(15)6-9(10)19(8)18-12(11)13(16)20/h2-3,6H,4-5H2,1H3,(H2,16,20)(H,17,21). The molecule has 8 heteroatoms. The zero-order valence-electron chi connectivity index (χ0n) is 11.7. The van der Waals surface area contributed by atoms with Crippen LogP contribution in [0, 0.1) is 0 Å². The van der Waals surface area contributed by atoms with Crippen LogP contribution in [0.5, 0.6) is 5.75 Å². The number of benzene rings is 1. The molecule has 0 fully saturated rings. The zero-order chi connectivity index (χ0) is 15.9. The molecule has 0 aliphatic carbocycles. The first-order chi connectivity index (χ1) is 10.5. The number of carbonyl (C=O) groups excluding carboxylic acids is 2. The van der Waals surface area contributed by atoms with E-state index < -0.39 is 11.8 Å². The number of nitrogens with zero attached hydrogens (tertiary/aromatic N) is 2. The molecule has 3 rings (SSSR count). The third kappa shape index (κ3) is 2.25. The predicted molar refractivity (Wildman–Crippen MR) is 82.4 cm³/mol. The van der Waals surface area contributed by atoms with E-state index in [1.54, 1.807) is 10.7 Å². The summed E-state index contributed by atoms with van der Waals surface area (Å²) in [6, 6.07) is 5.47. The zero-order valence-corrected chi connectivity index (χ0v) is 13.3. The molecule has 22 heavy (non-hydrogen) atoms. The number of aromatic nitrogens is 2. The van der Waals surface area contributed by atoms with Gasteiger partial charge in [-0.25, -0.2) is 4.68 Å². The Labute approximate surface area is 134 Å². The normalized spacial score (nSPS) is 12.6. The Balaban J connectivity index is 2.31. The summed E-state index contributed by atoms with van der Waals surface area (Å²) in [6.07, 6.45) is 0.440. The molecule has 0 saturated heterocycles. The molecule has 1 aromatic carbocycles. The Bertz CT molecular complexity index is 785. The van der Waals surface area contributed by atoms with Gasteiger partial charge in [0.2, 0.25) is 0 Å². The van der Waals surface area contributed by atoms with E-state index in [4.69, 9.17) is 10.5 Å². The van der Waals surface area contributed by atoms with Crippen molar-refractivity contribution < 1.29 is 14.3 Å². The molecule has 114 valence electrons.